The third-order valence-corrected chi connectivity index (χ3v) is 6.05. The van der Waals surface area contributed by atoms with Crippen molar-refractivity contribution >= 4 is 46.4 Å². The number of benzene rings is 3. The van der Waals surface area contributed by atoms with E-state index in [0.29, 0.717) is 40.6 Å². The van der Waals surface area contributed by atoms with Gasteiger partial charge in [0.15, 0.2) is 10.9 Å². The molecule has 4 aromatic rings. The molecule has 4 rings (SSSR count). The maximum atomic E-state index is 6.30. The van der Waals surface area contributed by atoms with Crippen LogP contribution in [0.5, 0.6) is 0 Å². The van der Waals surface area contributed by atoms with Gasteiger partial charge in [0.2, 0.25) is 0 Å². The van der Waals surface area contributed by atoms with Gasteiger partial charge in [-0.25, -0.2) is 0 Å². The van der Waals surface area contributed by atoms with Crippen LogP contribution in [-0.4, -0.2) is 19.8 Å². The molecule has 32 heavy (non-hydrogen) atoms. The van der Waals surface area contributed by atoms with E-state index in [-0.39, 0.29) is 0 Å². The summed E-state index contributed by atoms with van der Waals surface area (Å²) < 4.78 is 1.79. The molecule has 0 atom stereocenters. The lowest BCUT2D eigenvalue weighted by molar-refractivity contribution is 0.412. The van der Waals surface area contributed by atoms with Crippen LogP contribution in [0.4, 0.5) is 5.82 Å². The first kappa shape index (κ1) is 22.3. The van der Waals surface area contributed by atoms with Crippen molar-refractivity contribution in [2.24, 2.45) is 0 Å². The Balaban J connectivity index is 1.48. The molecule has 4 nitrogen and oxygen atoms in total. The highest BCUT2D eigenvalue weighted by molar-refractivity contribution is 7.80. The monoisotopic (exact) mass is 480 g/mol. The largest absolute Gasteiger partial charge is 0.340 e. The van der Waals surface area contributed by atoms with Crippen LogP contribution in [0.2, 0.25) is 10.0 Å². The highest BCUT2D eigenvalue weighted by Gasteiger charge is 2.13. The van der Waals surface area contributed by atoms with Gasteiger partial charge in [-0.05, 0) is 35.5 Å². The normalized spacial score (nSPS) is 10.7. The van der Waals surface area contributed by atoms with Crippen molar-refractivity contribution in [1.29, 1.82) is 0 Å². The predicted octanol–water partition coefficient (Wildman–Crippen LogP) is 6.64. The smallest absolute Gasteiger partial charge is 0.175 e. The Morgan fingerprint density at radius 2 is 1.38 bits per heavy atom. The lowest BCUT2D eigenvalue weighted by atomic mass is 10.2. The molecule has 0 fully saturated rings. The van der Waals surface area contributed by atoms with Crippen molar-refractivity contribution in [2.75, 3.05) is 5.32 Å². The van der Waals surface area contributed by atoms with Gasteiger partial charge in [0.1, 0.15) is 0 Å². The predicted molar refractivity (Wildman–Crippen MR) is 136 cm³/mol. The average molecular weight is 481 g/mol. The maximum absolute atomic E-state index is 6.30. The first-order valence-electron chi connectivity index (χ1n) is 10.2. The summed E-state index contributed by atoms with van der Waals surface area (Å²) in [6.07, 6.45) is 1.88. The molecule has 0 aliphatic heterocycles. The second-order valence-electron chi connectivity index (χ2n) is 7.36. The summed E-state index contributed by atoms with van der Waals surface area (Å²) in [6.45, 7) is 1.86. The molecule has 3 aromatic carbocycles. The third kappa shape index (κ3) is 5.88. The van der Waals surface area contributed by atoms with Gasteiger partial charge in [-0.1, -0.05) is 89.9 Å². The minimum Gasteiger partial charge on any atom is -0.340 e. The molecule has 0 saturated heterocycles. The third-order valence-electron chi connectivity index (χ3n) is 4.98. The number of hydrogen-bond donors (Lipinski definition) is 1. The summed E-state index contributed by atoms with van der Waals surface area (Å²) >= 11 is 18.4. The van der Waals surface area contributed by atoms with Crippen molar-refractivity contribution in [3.05, 3.63) is 118 Å². The topological polar surface area (TPSA) is 33.1 Å². The molecule has 162 valence electrons. The van der Waals surface area contributed by atoms with Crippen LogP contribution in [0.1, 0.15) is 16.7 Å². The zero-order chi connectivity index (χ0) is 22.3. The fourth-order valence-electron chi connectivity index (χ4n) is 3.36. The van der Waals surface area contributed by atoms with E-state index in [9.17, 15) is 0 Å². The Labute approximate surface area is 203 Å². The number of halogens is 2. The quantitative estimate of drug-likeness (QED) is 0.300. The van der Waals surface area contributed by atoms with E-state index in [1.165, 1.54) is 11.1 Å². The van der Waals surface area contributed by atoms with E-state index in [1.807, 2.05) is 66.9 Å². The van der Waals surface area contributed by atoms with Crippen LogP contribution in [0.25, 0.3) is 0 Å². The highest BCUT2D eigenvalue weighted by Crippen LogP contribution is 2.25. The van der Waals surface area contributed by atoms with E-state index >= 15 is 0 Å². The van der Waals surface area contributed by atoms with Gasteiger partial charge in [0.05, 0.1) is 6.54 Å². The Kier molecular flexibility index (Phi) is 7.43. The number of rotatable bonds is 7. The van der Waals surface area contributed by atoms with Gasteiger partial charge >= 0.3 is 0 Å². The molecule has 0 amide bonds. The molecular formula is C25H22Cl2N4S. The molecule has 0 unspecified atom stereocenters. The summed E-state index contributed by atoms with van der Waals surface area (Å²) in [7, 11) is 0. The number of hydrogen-bond acceptors (Lipinski definition) is 2. The molecule has 0 aliphatic rings. The van der Waals surface area contributed by atoms with Gasteiger partial charge in [-0.3, -0.25) is 4.68 Å². The summed E-state index contributed by atoms with van der Waals surface area (Å²) in [5.74, 6) is 0.671. The van der Waals surface area contributed by atoms with Crippen molar-refractivity contribution in [1.82, 2.24) is 14.7 Å². The van der Waals surface area contributed by atoms with Crippen molar-refractivity contribution in [2.45, 2.75) is 19.6 Å². The summed E-state index contributed by atoms with van der Waals surface area (Å²) in [5, 5.41) is 9.73. The number of anilines is 1. The minimum absolute atomic E-state index is 0.477. The molecule has 0 bridgehead atoms. The SMILES string of the molecule is S=C(Nc1ccn(Cc2c(Cl)cccc2Cl)n1)N(Cc1ccccc1)Cc1ccccc1. The maximum Gasteiger partial charge on any atom is 0.175 e. The zero-order valence-corrected chi connectivity index (χ0v) is 19.6. The van der Waals surface area contributed by atoms with E-state index < -0.39 is 0 Å². The average Bonchev–Trinajstić information content (AvgIpc) is 3.24. The number of thiocarbonyl (C=S) groups is 1. The summed E-state index contributed by atoms with van der Waals surface area (Å²) in [4.78, 5) is 2.13. The number of nitrogens with one attached hydrogen (secondary N) is 1. The second kappa shape index (κ2) is 10.6. The van der Waals surface area contributed by atoms with E-state index in [4.69, 9.17) is 35.4 Å². The molecule has 1 aromatic heterocycles. The van der Waals surface area contributed by atoms with Crippen LogP contribution >= 0.6 is 35.4 Å². The van der Waals surface area contributed by atoms with Crippen molar-refractivity contribution in [3.63, 3.8) is 0 Å². The summed E-state index contributed by atoms with van der Waals surface area (Å²) in [6, 6.07) is 27.9. The second-order valence-corrected chi connectivity index (χ2v) is 8.56. The van der Waals surface area contributed by atoms with E-state index in [0.717, 1.165) is 5.56 Å². The lowest BCUT2D eigenvalue weighted by Crippen LogP contribution is -2.34. The number of nitrogens with zero attached hydrogens (tertiary/aromatic N) is 3. The van der Waals surface area contributed by atoms with Gasteiger partial charge in [-0.15, -0.1) is 0 Å². The molecule has 1 heterocycles. The molecule has 0 aliphatic carbocycles. The van der Waals surface area contributed by atoms with E-state index in [2.05, 4.69) is 39.6 Å². The van der Waals surface area contributed by atoms with Crippen molar-refractivity contribution < 1.29 is 0 Å². The molecule has 0 saturated carbocycles. The lowest BCUT2D eigenvalue weighted by Gasteiger charge is -2.25. The molecule has 1 N–H and O–H groups in total. The standard InChI is InChI=1S/C25H22Cl2N4S/c26-22-12-7-13-23(27)21(22)18-31-15-14-24(29-31)28-25(32)30(16-19-8-3-1-4-9-19)17-20-10-5-2-6-11-20/h1-15H,16-18H2,(H,28,29,32). The Hall–Kier alpha value is -2.86. The fraction of sp³-hybridized carbons (Fsp3) is 0.120. The Morgan fingerprint density at radius 1 is 0.812 bits per heavy atom. The highest BCUT2D eigenvalue weighted by atomic mass is 35.5. The number of aromatic nitrogens is 2. The van der Waals surface area contributed by atoms with Gasteiger partial charge in [0, 0.05) is 41.0 Å². The Morgan fingerprint density at radius 3 is 1.94 bits per heavy atom. The molecular weight excluding hydrogens is 459 g/mol. The van der Waals surface area contributed by atoms with E-state index in [1.54, 1.807) is 4.68 Å². The van der Waals surface area contributed by atoms with Gasteiger partial charge < -0.3 is 10.2 Å². The zero-order valence-electron chi connectivity index (χ0n) is 17.3. The van der Waals surface area contributed by atoms with Gasteiger partial charge in [0.25, 0.3) is 0 Å². The fourth-order valence-corrected chi connectivity index (χ4v) is 4.11. The summed E-state index contributed by atoms with van der Waals surface area (Å²) in [5.41, 5.74) is 3.21. The molecule has 0 radical (unpaired) electrons. The Bertz CT molecular complexity index is 1120. The molecule has 7 heteroatoms. The molecule has 0 spiro atoms. The van der Waals surface area contributed by atoms with Gasteiger partial charge in [-0.2, -0.15) is 5.10 Å². The van der Waals surface area contributed by atoms with Crippen molar-refractivity contribution in [3.8, 4) is 0 Å². The first-order valence-corrected chi connectivity index (χ1v) is 11.3. The minimum atomic E-state index is 0.477. The van der Waals surface area contributed by atoms with Crippen LogP contribution in [0.3, 0.4) is 0 Å². The van der Waals surface area contributed by atoms with Crippen LogP contribution in [-0.2, 0) is 19.6 Å². The van der Waals surface area contributed by atoms with Crippen LogP contribution in [0, 0.1) is 0 Å². The first-order chi connectivity index (χ1) is 15.6. The van der Waals surface area contributed by atoms with Crippen LogP contribution < -0.4 is 5.32 Å². The van der Waals surface area contributed by atoms with Crippen LogP contribution in [0.15, 0.2) is 91.1 Å².